The summed E-state index contributed by atoms with van der Waals surface area (Å²) in [5.41, 5.74) is 3.40. The standard InChI is InChI=1S/C18H21NOS2/c1-3-14-4-8-16(9-5-14)19-18(20)13-22-12-15-6-10-17(21-2)11-7-15/h4-11H,3,12-13H2,1-2H3,(H,19,20). The zero-order valence-corrected chi connectivity index (χ0v) is 14.6. The van der Waals surface area contributed by atoms with Crippen LogP contribution < -0.4 is 5.32 Å². The minimum absolute atomic E-state index is 0.0509. The average Bonchev–Trinajstić information content (AvgIpc) is 2.56. The van der Waals surface area contributed by atoms with Gasteiger partial charge in [0, 0.05) is 16.3 Å². The first-order valence-corrected chi connectivity index (χ1v) is 9.68. The molecule has 0 fully saturated rings. The monoisotopic (exact) mass is 331 g/mol. The Morgan fingerprint density at radius 3 is 2.23 bits per heavy atom. The van der Waals surface area contributed by atoms with Gasteiger partial charge in [-0.2, -0.15) is 0 Å². The number of hydrogen-bond acceptors (Lipinski definition) is 3. The predicted molar refractivity (Wildman–Crippen MR) is 98.8 cm³/mol. The van der Waals surface area contributed by atoms with Gasteiger partial charge in [0.15, 0.2) is 0 Å². The Kier molecular flexibility index (Phi) is 6.87. The maximum absolute atomic E-state index is 11.9. The lowest BCUT2D eigenvalue weighted by atomic mass is 10.1. The second-order valence-electron chi connectivity index (χ2n) is 4.94. The van der Waals surface area contributed by atoms with Crippen molar-refractivity contribution in [2.75, 3.05) is 17.3 Å². The fraction of sp³-hybridized carbons (Fsp3) is 0.278. The van der Waals surface area contributed by atoms with Gasteiger partial charge in [-0.15, -0.1) is 23.5 Å². The van der Waals surface area contributed by atoms with Crippen molar-refractivity contribution < 1.29 is 4.79 Å². The number of carbonyl (C=O) groups excluding carboxylic acids is 1. The quantitative estimate of drug-likeness (QED) is 0.736. The van der Waals surface area contributed by atoms with Gasteiger partial charge in [0.25, 0.3) is 0 Å². The van der Waals surface area contributed by atoms with Gasteiger partial charge in [-0.25, -0.2) is 0 Å². The first kappa shape index (κ1) is 17.0. The Bertz CT molecular complexity index is 593. The largest absolute Gasteiger partial charge is 0.325 e. The highest BCUT2D eigenvalue weighted by atomic mass is 32.2. The summed E-state index contributed by atoms with van der Waals surface area (Å²) < 4.78 is 0. The van der Waals surface area contributed by atoms with Crippen molar-refractivity contribution in [3.05, 3.63) is 59.7 Å². The minimum Gasteiger partial charge on any atom is -0.325 e. The molecule has 2 nitrogen and oxygen atoms in total. The molecule has 2 aromatic carbocycles. The molecule has 4 heteroatoms. The highest BCUT2D eigenvalue weighted by molar-refractivity contribution is 7.99. The Hall–Kier alpha value is -1.39. The number of aryl methyl sites for hydroxylation is 1. The fourth-order valence-corrected chi connectivity index (χ4v) is 3.20. The van der Waals surface area contributed by atoms with E-state index in [4.69, 9.17) is 0 Å². The third kappa shape index (κ3) is 5.43. The van der Waals surface area contributed by atoms with Crippen molar-refractivity contribution in [1.29, 1.82) is 0 Å². The number of amides is 1. The van der Waals surface area contributed by atoms with Crippen LogP contribution in [-0.4, -0.2) is 17.9 Å². The lowest BCUT2D eigenvalue weighted by Gasteiger charge is -2.06. The van der Waals surface area contributed by atoms with Crippen molar-refractivity contribution in [2.45, 2.75) is 24.0 Å². The fourth-order valence-electron chi connectivity index (χ4n) is 2.00. The summed E-state index contributed by atoms with van der Waals surface area (Å²) in [5, 5.41) is 2.93. The number of hydrogen-bond donors (Lipinski definition) is 1. The van der Waals surface area contributed by atoms with Crippen LogP contribution >= 0.6 is 23.5 Å². The van der Waals surface area contributed by atoms with E-state index in [1.54, 1.807) is 23.5 Å². The Balaban J connectivity index is 1.74. The molecule has 0 aromatic heterocycles. The summed E-state index contributed by atoms with van der Waals surface area (Å²) >= 11 is 3.38. The molecule has 0 unspecified atom stereocenters. The second-order valence-corrected chi connectivity index (χ2v) is 6.80. The third-order valence-electron chi connectivity index (χ3n) is 3.31. The zero-order chi connectivity index (χ0) is 15.8. The van der Waals surface area contributed by atoms with Crippen LogP contribution in [0.1, 0.15) is 18.1 Å². The molecule has 0 spiro atoms. The van der Waals surface area contributed by atoms with E-state index in [0.29, 0.717) is 5.75 Å². The van der Waals surface area contributed by atoms with Crippen LogP contribution in [-0.2, 0) is 17.0 Å². The van der Waals surface area contributed by atoms with Gasteiger partial charge in [0.1, 0.15) is 0 Å². The van der Waals surface area contributed by atoms with Gasteiger partial charge >= 0.3 is 0 Å². The van der Waals surface area contributed by atoms with Gasteiger partial charge in [-0.05, 0) is 48.1 Å². The van der Waals surface area contributed by atoms with E-state index in [1.807, 2.05) is 12.1 Å². The third-order valence-corrected chi connectivity index (χ3v) is 5.05. The van der Waals surface area contributed by atoms with Gasteiger partial charge < -0.3 is 5.32 Å². The molecule has 2 aromatic rings. The van der Waals surface area contributed by atoms with Gasteiger partial charge in [-0.3, -0.25) is 4.79 Å². The average molecular weight is 332 g/mol. The maximum Gasteiger partial charge on any atom is 0.234 e. The van der Waals surface area contributed by atoms with Crippen molar-refractivity contribution in [1.82, 2.24) is 0 Å². The first-order chi connectivity index (χ1) is 10.7. The Morgan fingerprint density at radius 1 is 1.00 bits per heavy atom. The van der Waals surface area contributed by atoms with Gasteiger partial charge in [0.2, 0.25) is 5.91 Å². The molecule has 0 aliphatic heterocycles. The van der Waals surface area contributed by atoms with Crippen molar-refractivity contribution in [3.8, 4) is 0 Å². The van der Waals surface area contributed by atoms with E-state index in [1.165, 1.54) is 16.0 Å². The highest BCUT2D eigenvalue weighted by Gasteiger charge is 2.03. The van der Waals surface area contributed by atoms with E-state index in [0.717, 1.165) is 17.9 Å². The summed E-state index contributed by atoms with van der Waals surface area (Å²) in [6.07, 6.45) is 3.08. The van der Waals surface area contributed by atoms with Crippen LogP contribution in [0, 0.1) is 0 Å². The van der Waals surface area contributed by atoms with Crippen LogP contribution in [0.4, 0.5) is 5.69 Å². The van der Waals surface area contributed by atoms with Crippen LogP contribution in [0.5, 0.6) is 0 Å². The molecular weight excluding hydrogens is 310 g/mol. The molecule has 0 saturated carbocycles. The zero-order valence-electron chi connectivity index (χ0n) is 13.0. The normalized spacial score (nSPS) is 10.5. The molecule has 1 amide bonds. The summed E-state index contributed by atoms with van der Waals surface area (Å²) in [7, 11) is 0. The molecule has 22 heavy (non-hydrogen) atoms. The molecule has 0 saturated heterocycles. The van der Waals surface area contributed by atoms with E-state index in [9.17, 15) is 4.79 Å². The Morgan fingerprint density at radius 2 is 1.64 bits per heavy atom. The number of thioether (sulfide) groups is 2. The number of nitrogens with one attached hydrogen (secondary N) is 1. The lowest BCUT2D eigenvalue weighted by molar-refractivity contribution is -0.113. The van der Waals surface area contributed by atoms with Gasteiger partial charge in [0.05, 0.1) is 5.75 Å². The molecule has 1 N–H and O–H groups in total. The maximum atomic E-state index is 11.9. The SMILES string of the molecule is CCc1ccc(NC(=O)CSCc2ccc(SC)cc2)cc1. The molecule has 116 valence electrons. The van der Waals surface area contributed by atoms with E-state index in [2.05, 4.69) is 54.9 Å². The topological polar surface area (TPSA) is 29.1 Å². The number of carbonyl (C=O) groups is 1. The van der Waals surface area contributed by atoms with E-state index in [-0.39, 0.29) is 5.91 Å². The second kappa shape index (κ2) is 8.91. The number of benzene rings is 2. The van der Waals surface area contributed by atoms with E-state index >= 15 is 0 Å². The van der Waals surface area contributed by atoms with Crippen molar-refractivity contribution in [2.24, 2.45) is 0 Å². The number of rotatable bonds is 7. The smallest absolute Gasteiger partial charge is 0.234 e. The number of anilines is 1. The molecule has 0 bridgehead atoms. The molecule has 0 aliphatic rings. The van der Waals surface area contributed by atoms with Crippen LogP contribution in [0.25, 0.3) is 0 Å². The first-order valence-electron chi connectivity index (χ1n) is 7.30. The highest BCUT2D eigenvalue weighted by Crippen LogP contribution is 2.18. The van der Waals surface area contributed by atoms with Crippen LogP contribution in [0.2, 0.25) is 0 Å². The molecule has 0 atom stereocenters. The summed E-state index contributed by atoms with van der Waals surface area (Å²) in [5.74, 6) is 1.38. The summed E-state index contributed by atoms with van der Waals surface area (Å²) in [6.45, 7) is 2.12. The summed E-state index contributed by atoms with van der Waals surface area (Å²) in [4.78, 5) is 13.2. The molecule has 0 heterocycles. The molecule has 0 aliphatic carbocycles. The van der Waals surface area contributed by atoms with Crippen molar-refractivity contribution in [3.63, 3.8) is 0 Å². The van der Waals surface area contributed by atoms with Crippen LogP contribution in [0.15, 0.2) is 53.4 Å². The predicted octanol–water partition coefficient (Wildman–Crippen LogP) is 4.84. The van der Waals surface area contributed by atoms with Gasteiger partial charge in [-0.1, -0.05) is 31.2 Å². The van der Waals surface area contributed by atoms with E-state index < -0.39 is 0 Å². The molecule has 2 rings (SSSR count). The molecular formula is C18H21NOS2. The molecule has 0 radical (unpaired) electrons. The summed E-state index contributed by atoms with van der Waals surface area (Å²) in [6, 6.07) is 16.5. The Labute approximate surface area is 141 Å². The lowest BCUT2D eigenvalue weighted by Crippen LogP contribution is -2.14. The van der Waals surface area contributed by atoms with Crippen LogP contribution in [0.3, 0.4) is 0 Å². The minimum atomic E-state index is 0.0509. The van der Waals surface area contributed by atoms with Crippen molar-refractivity contribution >= 4 is 35.1 Å².